The van der Waals surface area contributed by atoms with Crippen molar-refractivity contribution in [3.63, 3.8) is 0 Å². The molecule has 0 atom stereocenters. The number of pyridine rings is 1. The van der Waals surface area contributed by atoms with Gasteiger partial charge in [0.05, 0.1) is 17.8 Å². The number of aromatic nitrogens is 2. The highest BCUT2D eigenvalue weighted by Crippen LogP contribution is 2.19. The van der Waals surface area contributed by atoms with Crippen LogP contribution in [0.4, 0.5) is 18.9 Å². The Morgan fingerprint density at radius 2 is 1.95 bits per heavy atom. The van der Waals surface area contributed by atoms with E-state index in [4.69, 9.17) is 0 Å². The molecule has 0 unspecified atom stereocenters. The molecule has 0 aliphatic rings. The topological polar surface area (TPSA) is 46.4 Å². The number of halogens is 3. The third-order valence-electron chi connectivity index (χ3n) is 3.06. The van der Waals surface area contributed by atoms with Crippen molar-refractivity contribution < 1.29 is 18.0 Å². The molecule has 22 heavy (non-hydrogen) atoms. The summed E-state index contributed by atoms with van der Waals surface area (Å²) in [6, 6.07) is 7.11. The summed E-state index contributed by atoms with van der Waals surface area (Å²) in [7, 11) is 0. The lowest BCUT2D eigenvalue weighted by atomic mass is 10.2. The Hall–Kier alpha value is -2.83. The van der Waals surface area contributed by atoms with E-state index in [0.29, 0.717) is 11.3 Å². The summed E-state index contributed by atoms with van der Waals surface area (Å²) in [6.45, 7) is 0. The predicted octanol–water partition coefficient (Wildman–Crippen LogP) is 2.93. The molecule has 4 nitrogen and oxygen atoms in total. The zero-order chi connectivity index (χ0) is 15.7. The Morgan fingerprint density at radius 1 is 1.14 bits per heavy atom. The van der Waals surface area contributed by atoms with Gasteiger partial charge in [0.1, 0.15) is 5.65 Å². The van der Waals surface area contributed by atoms with Gasteiger partial charge >= 0.3 is 0 Å². The van der Waals surface area contributed by atoms with E-state index in [1.807, 2.05) is 12.1 Å². The smallest absolute Gasteiger partial charge is 0.230 e. The Morgan fingerprint density at radius 3 is 2.73 bits per heavy atom. The third kappa shape index (κ3) is 2.65. The van der Waals surface area contributed by atoms with E-state index in [9.17, 15) is 18.0 Å². The van der Waals surface area contributed by atoms with Gasteiger partial charge in [-0.1, -0.05) is 6.07 Å². The fraction of sp³-hybridized carbons (Fsp3) is 0.0667. The van der Waals surface area contributed by atoms with Gasteiger partial charge in [0.15, 0.2) is 17.5 Å². The normalized spacial score (nSPS) is 10.9. The van der Waals surface area contributed by atoms with Gasteiger partial charge in [0.2, 0.25) is 5.91 Å². The van der Waals surface area contributed by atoms with Crippen molar-refractivity contribution in [1.29, 1.82) is 0 Å². The molecule has 2 heterocycles. The van der Waals surface area contributed by atoms with Crippen molar-refractivity contribution in [3.8, 4) is 0 Å². The van der Waals surface area contributed by atoms with Crippen molar-refractivity contribution in [1.82, 2.24) is 9.38 Å². The van der Waals surface area contributed by atoms with Crippen molar-refractivity contribution in [2.24, 2.45) is 0 Å². The van der Waals surface area contributed by atoms with Crippen LogP contribution in [0.2, 0.25) is 0 Å². The number of imidazole rings is 1. The summed E-state index contributed by atoms with van der Waals surface area (Å²) < 4.78 is 41.1. The molecular formula is C15H10F3N3O. The summed E-state index contributed by atoms with van der Waals surface area (Å²) in [4.78, 5) is 16.1. The maximum atomic E-state index is 13.5. The third-order valence-corrected chi connectivity index (χ3v) is 3.06. The van der Waals surface area contributed by atoms with E-state index >= 15 is 0 Å². The molecule has 0 radical (unpaired) electrons. The fourth-order valence-electron chi connectivity index (χ4n) is 2.05. The Balaban J connectivity index is 1.76. The van der Waals surface area contributed by atoms with E-state index < -0.39 is 29.0 Å². The molecule has 0 aliphatic heterocycles. The average molecular weight is 305 g/mol. The van der Waals surface area contributed by atoms with Crippen molar-refractivity contribution in [2.75, 3.05) is 5.32 Å². The van der Waals surface area contributed by atoms with Crippen molar-refractivity contribution >= 4 is 17.2 Å². The number of rotatable bonds is 3. The Bertz CT molecular complexity index is 827. The van der Waals surface area contributed by atoms with Gasteiger partial charge in [-0.15, -0.1) is 0 Å². The van der Waals surface area contributed by atoms with Crippen LogP contribution < -0.4 is 5.32 Å². The molecule has 1 N–H and O–H groups in total. The molecule has 0 saturated carbocycles. The first-order chi connectivity index (χ1) is 10.5. The molecule has 0 aliphatic carbocycles. The van der Waals surface area contributed by atoms with Crippen LogP contribution in [-0.4, -0.2) is 15.3 Å². The van der Waals surface area contributed by atoms with Crippen LogP contribution in [0.25, 0.3) is 5.65 Å². The lowest BCUT2D eigenvalue weighted by Crippen LogP contribution is -2.16. The second-order valence-electron chi connectivity index (χ2n) is 4.65. The second kappa shape index (κ2) is 5.51. The average Bonchev–Trinajstić information content (AvgIpc) is 2.90. The predicted molar refractivity (Wildman–Crippen MR) is 73.8 cm³/mol. The maximum Gasteiger partial charge on any atom is 0.230 e. The lowest BCUT2D eigenvalue weighted by Gasteiger charge is -2.06. The van der Waals surface area contributed by atoms with Gasteiger partial charge in [-0.2, -0.15) is 0 Å². The van der Waals surface area contributed by atoms with Gasteiger partial charge in [0, 0.05) is 12.4 Å². The zero-order valence-electron chi connectivity index (χ0n) is 11.2. The molecule has 3 aromatic rings. The van der Waals surface area contributed by atoms with Gasteiger partial charge < -0.3 is 9.72 Å². The summed E-state index contributed by atoms with van der Waals surface area (Å²) in [5, 5.41) is 2.20. The number of nitrogens with zero attached hydrogens (tertiary/aromatic N) is 2. The largest absolute Gasteiger partial charge is 0.323 e. The number of carbonyl (C=O) groups excluding carboxylic acids is 1. The number of nitrogens with one attached hydrogen (secondary N) is 1. The highest BCUT2D eigenvalue weighted by Gasteiger charge is 2.16. The standard InChI is InChI=1S/C15H10F3N3O/c16-10-4-5-11(15(18)14(10)17)20-13(22)7-9-8-21-6-2-1-3-12(21)19-9/h1-6,8H,7H2,(H,20,22). The van der Waals surface area contributed by atoms with Crippen molar-refractivity contribution in [2.45, 2.75) is 6.42 Å². The molecule has 1 amide bonds. The first kappa shape index (κ1) is 14.1. The number of hydrogen-bond donors (Lipinski definition) is 1. The van der Waals surface area contributed by atoms with Crippen molar-refractivity contribution in [3.05, 3.63) is 65.9 Å². The lowest BCUT2D eigenvalue weighted by molar-refractivity contribution is -0.115. The Labute approximate surface area is 123 Å². The first-order valence-corrected chi connectivity index (χ1v) is 6.40. The number of benzene rings is 1. The van der Waals surface area contributed by atoms with Gasteiger partial charge in [-0.25, -0.2) is 18.2 Å². The molecular weight excluding hydrogens is 295 g/mol. The molecule has 0 fully saturated rings. The van der Waals surface area contributed by atoms with E-state index in [0.717, 1.165) is 12.1 Å². The van der Waals surface area contributed by atoms with E-state index in [-0.39, 0.29) is 6.42 Å². The molecule has 0 spiro atoms. The van der Waals surface area contributed by atoms with Crippen LogP contribution in [0.3, 0.4) is 0 Å². The number of hydrogen-bond acceptors (Lipinski definition) is 2. The maximum absolute atomic E-state index is 13.5. The SMILES string of the molecule is O=C(Cc1cn2ccccc2n1)Nc1ccc(F)c(F)c1F. The van der Waals surface area contributed by atoms with E-state index in [1.54, 1.807) is 22.9 Å². The summed E-state index contributed by atoms with van der Waals surface area (Å²) in [5.74, 6) is -4.93. The number of fused-ring (bicyclic) bond motifs is 1. The molecule has 1 aromatic carbocycles. The van der Waals surface area contributed by atoms with Gasteiger partial charge in [-0.05, 0) is 24.3 Å². The quantitative estimate of drug-likeness (QED) is 0.756. The first-order valence-electron chi connectivity index (χ1n) is 6.40. The molecule has 0 saturated heterocycles. The minimum absolute atomic E-state index is 0.111. The number of amides is 1. The summed E-state index contributed by atoms with van der Waals surface area (Å²) >= 11 is 0. The minimum Gasteiger partial charge on any atom is -0.323 e. The van der Waals surface area contributed by atoms with Crippen LogP contribution in [0.15, 0.2) is 42.7 Å². The van der Waals surface area contributed by atoms with Crippen LogP contribution in [0.5, 0.6) is 0 Å². The molecule has 0 bridgehead atoms. The zero-order valence-corrected chi connectivity index (χ0v) is 11.2. The van der Waals surface area contributed by atoms with Gasteiger partial charge in [0.25, 0.3) is 0 Å². The van der Waals surface area contributed by atoms with Crippen LogP contribution in [0.1, 0.15) is 5.69 Å². The highest BCUT2D eigenvalue weighted by atomic mass is 19.2. The van der Waals surface area contributed by atoms with Crippen LogP contribution >= 0.6 is 0 Å². The molecule has 2 aromatic heterocycles. The monoisotopic (exact) mass is 305 g/mol. The summed E-state index contributed by atoms with van der Waals surface area (Å²) in [6.07, 6.45) is 3.33. The Kier molecular flexibility index (Phi) is 3.54. The number of anilines is 1. The molecule has 112 valence electrons. The van der Waals surface area contributed by atoms with Gasteiger partial charge in [-0.3, -0.25) is 4.79 Å². The van der Waals surface area contributed by atoms with E-state index in [2.05, 4.69) is 10.3 Å². The number of carbonyl (C=O) groups is 1. The van der Waals surface area contributed by atoms with E-state index in [1.165, 1.54) is 0 Å². The van der Waals surface area contributed by atoms with Crippen LogP contribution in [-0.2, 0) is 11.2 Å². The fourth-order valence-corrected chi connectivity index (χ4v) is 2.05. The minimum atomic E-state index is -1.62. The summed E-state index contributed by atoms with van der Waals surface area (Å²) in [5.41, 5.74) is 0.740. The second-order valence-corrected chi connectivity index (χ2v) is 4.65. The molecule has 3 rings (SSSR count). The van der Waals surface area contributed by atoms with Crippen LogP contribution in [0, 0.1) is 17.5 Å². The highest BCUT2D eigenvalue weighted by molar-refractivity contribution is 5.92. The molecule has 7 heteroatoms.